The molecule has 0 heterocycles. The number of hydrogen-bond acceptors (Lipinski definition) is 5. The van der Waals surface area contributed by atoms with Crippen LogP contribution in [0.5, 0.6) is 5.75 Å². The number of carbonyl (C=O) groups is 2. The van der Waals surface area contributed by atoms with Crippen LogP contribution in [0.15, 0.2) is 83.8 Å². The van der Waals surface area contributed by atoms with Crippen LogP contribution in [-0.4, -0.2) is 57.4 Å². The monoisotopic (exact) mass is 565 g/mol. The maximum Gasteiger partial charge on any atom is 0.264 e. The van der Waals surface area contributed by atoms with Gasteiger partial charge < -0.3 is 15.0 Å². The van der Waals surface area contributed by atoms with E-state index in [4.69, 9.17) is 4.74 Å². The van der Waals surface area contributed by atoms with Crippen molar-refractivity contribution in [2.45, 2.75) is 57.5 Å². The molecule has 9 heteroatoms. The Kier molecular flexibility index (Phi) is 10.7. The maximum atomic E-state index is 14.0. The molecule has 3 aromatic carbocycles. The van der Waals surface area contributed by atoms with Crippen molar-refractivity contribution in [1.29, 1.82) is 0 Å². The number of nitrogens with one attached hydrogen (secondary N) is 1. The first-order chi connectivity index (χ1) is 19.1. The summed E-state index contributed by atoms with van der Waals surface area (Å²) in [5.41, 5.74) is 2.25. The summed E-state index contributed by atoms with van der Waals surface area (Å²) < 4.78 is 34.1. The van der Waals surface area contributed by atoms with Crippen molar-refractivity contribution in [3.8, 4) is 5.75 Å². The van der Waals surface area contributed by atoms with E-state index >= 15 is 0 Å². The Morgan fingerprint density at radius 2 is 1.55 bits per heavy atom. The summed E-state index contributed by atoms with van der Waals surface area (Å²) in [7, 11) is -2.59. The van der Waals surface area contributed by atoms with Crippen molar-refractivity contribution >= 4 is 27.5 Å². The molecule has 3 aromatic rings. The number of nitrogens with zero attached hydrogens (tertiary/aromatic N) is 2. The second kappa shape index (κ2) is 14.0. The third kappa shape index (κ3) is 7.85. The van der Waals surface area contributed by atoms with Gasteiger partial charge in [0.2, 0.25) is 11.8 Å². The zero-order valence-corrected chi connectivity index (χ0v) is 24.6. The van der Waals surface area contributed by atoms with Gasteiger partial charge in [-0.25, -0.2) is 8.42 Å². The van der Waals surface area contributed by atoms with E-state index < -0.39 is 28.5 Å². The molecule has 0 aromatic heterocycles. The highest BCUT2D eigenvalue weighted by molar-refractivity contribution is 7.92. The molecule has 2 amide bonds. The summed E-state index contributed by atoms with van der Waals surface area (Å²) in [4.78, 5) is 28.8. The SMILES string of the molecule is CCC(C(=O)NC(C)C)N(CCc1ccccc1)C(=O)CN(c1ccc(OC)cc1)S(=O)(=O)c1ccc(C)cc1. The second-order valence-electron chi connectivity index (χ2n) is 9.93. The Morgan fingerprint density at radius 1 is 0.925 bits per heavy atom. The molecule has 0 aliphatic heterocycles. The van der Waals surface area contributed by atoms with Crippen LogP contribution in [-0.2, 0) is 26.0 Å². The van der Waals surface area contributed by atoms with Gasteiger partial charge in [-0.1, -0.05) is 55.0 Å². The predicted molar refractivity (Wildman–Crippen MR) is 158 cm³/mol. The van der Waals surface area contributed by atoms with Crippen molar-refractivity contribution in [3.05, 3.63) is 90.0 Å². The van der Waals surface area contributed by atoms with Crippen LogP contribution in [0.4, 0.5) is 5.69 Å². The average molecular weight is 566 g/mol. The van der Waals surface area contributed by atoms with Gasteiger partial charge in [0.05, 0.1) is 17.7 Å². The van der Waals surface area contributed by atoms with E-state index in [9.17, 15) is 18.0 Å². The van der Waals surface area contributed by atoms with Gasteiger partial charge in [0.1, 0.15) is 18.3 Å². The van der Waals surface area contributed by atoms with Crippen LogP contribution in [0.25, 0.3) is 0 Å². The van der Waals surface area contributed by atoms with Crippen LogP contribution >= 0.6 is 0 Å². The average Bonchev–Trinajstić information content (AvgIpc) is 2.94. The van der Waals surface area contributed by atoms with Crippen LogP contribution in [0.1, 0.15) is 38.3 Å². The standard InChI is InChI=1S/C31H39N3O5S/c1-6-29(31(36)32-23(2)3)33(21-20-25-10-8-7-9-11-25)30(35)22-34(26-14-16-27(39-5)17-15-26)40(37,38)28-18-12-24(4)13-19-28/h7-19,23,29H,6,20-22H2,1-5H3,(H,32,36). The predicted octanol–water partition coefficient (Wildman–Crippen LogP) is 4.57. The zero-order valence-electron chi connectivity index (χ0n) is 23.8. The lowest BCUT2D eigenvalue weighted by molar-refractivity contribution is -0.139. The van der Waals surface area contributed by atoms with E-state index in [1.165, 1.54) is 24.1 Å². The topological polar surface area (TPSA) is 96.0 Å². The number of sulfonamides is 1. The Bertz CT molecular complexity index is 1360. The van der Waals surface area contributed by atoms with E-state index in [1.807, 2.05) is 58.0 Å². The van der Waals surface area contributed by atoms with E-state index in [-0.39, 0.29) is 23.4 Å². The van der Waals surface area contributed by atoms with Crippen molar-refractivity contribution < 1.29 is 22.7 Å². The minimum Gasteiger partial charge on any atom is -0.497 e. The quantitative estimate of drug-likeness (QED) is 0.328. The third-order valence-electron chi connectivity index (χ3n) is 6.55. The molecule has 0 saturated carbocycles. The van der Waals surface area contributed by atoms with Crippen LogP contribution in [0, 0.1) is 6.92 Å². The van der Waals surface area contributed by atoms with Crippen LogP contribution in [0.2, 0.25) is 0 Å². The molecular formula is C31H39N3O5S. The number of carbonyl (C=O) groups excluding carboxylic acids is 2. The van der Waals surface area contributed by atoms with Gasteiger partial charge in [0, 0.05) is 12.6 Å². The van der Waals surface area contributed by atoms with Crippen molar-refractivity contribution in [2.24, 2.45) is 0 Å². The summed E-state index contributed by atoms with van der Waals surface area (Å²) in [6.07, 6.45) is 0.900. The molecule has 1 unspecified atom stereocenters. The minimum atomic E-state index is -4.11. The Morgan fingerprint density at radius 3 is 2.10 bits per heavy atom. The number of benzene rings is 3. The van der Waals surface area contributed by atoms with Gasteiger partial charge in [-0.15, -0.1) is 0 Å². The Balaban J connectivity index is 2.01. The second-order valence-corrected chi connectivity index (χ2v) is 11.8. The normalized spacial score (nSPS) is 12.1. The summed E-state index contributed by atoms with van der Waals surface area (Å²) in [5.74, 6) is -0.173. The molecule has 1 atom stereocenters. The number of rotatable bonds is 13. The first-order valence-electron chi connectivity index (χ1n) is 13.4. The van der Waals surface area contributed by atoms with E-state index in [0.717, 1.165) is 15.4 Å². The fourth-order valence-corrected chi connectivity index (χ4v) is 5.81. The highest BCUT2D eigenvalue weighted by Crippen LogP contribution is 2.26. The highest BCUT2D eigenvalue weighted by atomic mass is 32.2. The molecule has 0 aliphatic rings. The summed E-state index contributed by atoms with van der Waals surface area (Å²) in [6.45, 7) is 7.23. The lowest BCUT2D eigenvalue weighted by atomic mass is 10.1. The van der Waals surface area contributed by atoms with Crippen molar-refractivity contribution in [1.82, 2.24) is 10.2 Å². The van der Waals surface area contributed by atoms with Gasteiger partial charge in [-0.05, 0) is 75.6 Å². The lowest BCUT2D eigenvalue weighted by Gasteiger charge is -2.33. The molecule has 214 valence electrons. The molecule has 40 heavy (non-hydrogen) atoms. The van der Waals surface area contributed by atoms with Crippen LogP contribution < -0.4 is 14.4 Å². The molecule has 0 radical (unpaired) electrons. The molecule has 0 fully saturated rings. The molecular weight excluding hydrogens is 526 g/mol. The van der Waals surface area contributed by atoms with Gasteiger partial charge >= 0.3 is 0 Å². The van der Waals surface area contributed by atoms with Gasteiger partial charge in [-0.2, -0.15) is 0 Å². The smallest absolute Gasteiger partial charge is 0.264 e. The molecule has 0 aliphatic carbocycles. The molecule has 0 bridgehead atoms. The number of anilines is 1. The largest absolute Gasteiger partial charge is 0.497 e. The molecule has 8 nitrogen and oxygen atoms in total. The van der Waals surface area contributed by atoms with Crippen molar-refractivity contribution in [2.75, 3.05) is 24.5 Å². The maximum absolute atomic E-state index is 14.0. The first kappa shape index (κ1) is 30.7. The van der Waals surface area contributed by atoms with Gasteiger partial charge in [0.25, 0.3) is 10.0 Å². The van der Waals surface area contributed by atoms with E-state index in [2.05, 4.69) is 5.32 Å². The number of hydrogen-bond donors (Lipinski definition) is 1. The van der Waals surface area contributed by atoms with Gasteiger partial charge in [0.15, 0.2) is 0 Å². The summed E-state index contributed by atoms with van der Waals surface area (Å²) in [5, 5.41) is 2.91. The lowest BCUT2D eigenvalue weighted by Crippen LogP contribution is -2.54. The summed E-state index contributed by atoms with van der Waals surface area (Å²) >= 11 is 0. The third-order valence-corrected chi connectivity index (χ3v) is 8.34. The Hall–Kier alpha value is -3.85. The fraction of sp³-hybridized carbons (Fsp3) is 0.355. The molecule has 1 N–H and O–H groups in total. The van der Waals surface area contributed by atoms with E-state index in [0.29, 0.717) is 24.3 Å². The van der Waals surface area contributed by atoms with Gasteiger partial charge in [-0.3, -0.25) is 13.9 Å². The highest BCUT2D eigenvalue weighted by Gasteiger charge is 2.33. The van der Waals surface area contributed by atoms with Crippen molar-refractivity contribution in [3.63, 3.8) is 0 Å². The summed E-state index contributed by atoms with van der Waals surface area (Å²) in [6, 6.07) is 21.8. The fourth-order valence-electron chi connectivity index (χ4n) is 4.39. The molecule has 0 saturated heterocycles. The molecule has 0 spiro atoms. The van der Waals surface area contributed by atoms with Crippen LogP contribution in [0.3, 0.4) is 0 Å². The Labute approximate surface area is 238 Å². The van der Waals surface area contributed by atoms with E-state index in [1.54, 1.807) is 36.4 Å². The molecule has 3 rings (SSSR count). The number of amides is 2. The number of aryl methyl sites for hydroxylation is 1. The first-order valence-corrected chi connectivity index (χ1v) is 14.9. The number of ether oxygens (including phenoxy) is 1. The number of methoxy groups -OCH3 is 1. The minimum absolute atomic E-state index is 0.0714. The zero-order chi connectivity index (χ0) is 29.3.